The van der Waals surface area contributed by atoms with Crippen LogP contribution >= 0.6 is 0 Å². The zero-order chi connectivity index (χ0) is 22.5. The van der Waals surface area contributed by atoms with Gasteiger partial charge in [0.05, 0.1) is 17.7 Å². The van der Waals surface area contributed by atoms with Crippen LogP contribution in [0.2, 0.25) is 0 Å². The van der Waals surface area contributed by atoms with Crippen molar-refractivity contribution in [2.75, 3.05) is 20.6 Å². The van der Waals surface area contributed by atoms with Crippen LogP contribution in [0.15, 0.2) is 77.4 Å². The highest BCUT2D eigenvalue weighted by molar-refractivity contribution is 7.87. The van der Waals surface area contributed by atoms with Gasteiger partial charge in [-0.3, -0.25) is 4.79 Å². The maximum absolute atomic E-state index is 13.7. The first kappa shape index (κ1) is 20.9. The van der Waals surface area contributed by atoms with E-state index in [2.05, 4.69) is 4.99 Å². The van der Waals surface area contributed by atoms with Crippen LogP contribution in [0.5, 0.6) is 0 Å². The Labute approximate surface area is 188 Å². The lowest BCUT2D eigenvalue weighted by Gasteiger charge is -2.39. The summed E-state index contributed by atoms with van der Waals surface area (Å²) >= 11 is 0. The summed E-state index contributed by atoms with van der Waals surface area (Å²) in [5, 5.41) is 0. The zero-order valence-electron chi connectivity index (χ0n) is 18.1. The van der Waals surface area contributed by atoms with Gasteiger partial charge in [0.25, 0.3) is 0 Å². The molecule has 1 amide bonds. The van der Waals surface area contributed by atoms with Crippen molar-refractivity contribution >= 4 is 22.5 Å². The summed E-state index contributed by atoms with van der Waals surface area (Å²) in [6, 6.07) is 19.2. The van der Waals surface area contributed by atoms with Gasteiger partial charge in [0.1, 0.15) is 6.34 Å². The minimum absolute atomic E-state index is 0.0122. The fraction of sp³-hybridized carbons (Fsp3) is 0.333. The van der Waals surface area contributed by atoms with Gasteiger partial charge < -0.3 is 4.90 Å². The highest BCUT2D eigenvalue weighted by Crippen LogP contribution is 2.49. The Balaban J connectivity index is 1.56. The summed E-state index contributed by atoms with van der Waals surface area (Å²) in [6.07, 6.45) is 3.41. The predicted octanol–water partition coefficient (Wildman–Crippen LogP) is 2.46. The Kier molecular flexibility index (Phi) is 5.14. The molecule has 2 aromatic carbocycles. The summed E-state index contributed by atoms with van der Waals surface area (Å²) in [5.41, 5.74) is 2.76. The SMILES string of the molecule is CN(C)S(=O)(=O)N1C=NC2=C[C@@H]3CN(Cc4ccccc4)C(=O)[C@H]3[C@H](c3ccccc3)[C@@H]21. The molecule has 1 fully saturated rings. The highest BCUT2D eigenvalue weighted by atomic mass is 32.2. The molecular formula is C24H26N4O3S. The number of likely N-dealkylation sites (tertiary alicyclic amines) is 1. The Hall–Kier alpha value is -2.97. The molecular weight excluding hydrogens is 424 g/mol. The standard InChI is InChI=1S/C24H26N4O3S/c1-26(2)32(30,31)28-16-25-20-13-19-15-27(14-17-9-5-3-6-10-17)24(29)22(19)21(23(20)28)18-11-7-4-8-12-18/h3-13,16,19,21-23H,14-15H2,1-2H3/t19-,21+,22-,23-/m1/s1. The van der Waals surface area contributed by atoms with Crippen molar-refractivity contribution in [2.24, 2.45) is 16.8 Å². The summed E-state index contributed by atoms with van der Waals surface area (Å²) in [5.74, 6) is -0.595. The van der Waals surface area contributed by atoms with Crippen LogP contribution in [0.25, 0.3) is 0 Å². The van der Waals surface area contributed by atoms with Crippen LogP contribution in [0.1, 0.15) is 17.0 Å². The van der Waals surface area contributed by atoms with Crippen LogP contribution < -0.4 is 0 Å². The Morgan fingerprint density at radius 2 is 1.66 bits per heavy atom. The molecule has 4 atom stereocenters. The first-order valence-corrected chi connectivity index (χ1v) is 12.1. The van der Waals surface area contributed by atoms with Gasteiger partial charge in [-0.05, 0) is 11.1 Å². The van der Waals surface area contributed by atoms with Crippen molar-refractivity contribution in [1.29, 1.82) is 0 Å². The third kappa shape index (κ3) is 3.34. The largest absolute Gasteiger partial charge is 0.337 e. The average Bonchev–Trinajstić information content (AvgIpc) is 3.35. The lowest BCUT2D eigenvalue weighted by atomic mass is 9.70. The van der Waals surface area contributed by atoms with E-state index in [-0.39, 0.29) is 23.7 Å². The van der Waals surface area contributed by atoms with Gasteiger partial charge in [-0.15, -0.1) is 0 Å². The first-order valence-electron chi connectivity index (χ1n) is 10.7. The van der Waals surface area contributed by atoms with Crippen molar-refractivity contribution in [3.8, 4) is 0 Å². The third-order valence-corrected chi connectivity index (χ3v) is 8.40. The van der Waals surface area contributed by atoms with E-state index in [0.717, 1.165) is 16.8 Å². The van der Waals surface area contributed by atoms with E-state index in [1.54, 1.807) is 0 Å². The molecule has 0 saturated carbocycles. The number of carbonyl (C=O) groups excluding carboxylic acids is 1. The molecule has 2 aliphatic heterocycles. The minimum Gasteiger partial charge on any atom is -0.337 e. The number of aliphatic imine (C=N–C) groups is 1. The highest BCUT2D eigenvalue weighted by Gasteiger charge is 2.54. The van der Waals surface area contributed by atoms with E-state index in [1.165, 1.54) is 29.0 Å². The van der Waals surface area contributed by atoms with Crippen LogP contribution in [-0.4, -0.2) is 60.9 Å². The number of nitrogens with zero attached hydrogens (tertiary/aromatic N) is 4. The predicted molar refractivity (Wildman–Crippen MR) is 123 cm³/mol. The summed E-state index contributed by atoms with van der Waals surface area (Å²) in [4.78, 5) is 20.1. The van der Waals surface area contributed by atoms with Gasteiger partial charge in [0.15, 0.2) is 0 Å². The molecule has 0 bridgehead atoms. The molecule has 1 saturated heterocycles. The van der Waals surface area contributed by atoms with Crippen molar-refractivity contribution in [2.45, 2.75) is 18.5 Å². The van der Waals surface area contributed by atoms with E-state index < -0.39 is 16.3 Å². The Morgan fingerprint density at radius 3 is 2.31 bits per heavy atom. The van der Waals surface area contributed by atoms with Gasteiger partial charge in [0, 0.05) is 39.0 Å². The van der Waals surface area contributed by atoms with Crippen molar-refractivity contribution in [3.05, 3.63) is 83.6 Å². The maximum Gasteiger partial charge on any atom is 0.304 e. The van der Waals surface area contributed by atoms with Crippen LogP contribution in [-0.2, 0) is 21.5 Å². The molecule has 7 nitrogen and oxygen atoms in total. The van der Waals surface area contributed by atoms with Crippen molar-refractivity contribution in [1.82, 2.24) is 13.5 Å². The molecule has 2 heterocycles. The molecule has 2 aromatic rings. The monoisotopic (exact) mass is 450 g/mol. The fourth-order valence-electron chi connectivity index (χ4n) is 5.13. The van der Waals surface area contributed by atoms with E-state index in [1.807, 2.05) is 71.6 Å². The fourth-order valence-corrected chi connectivity index (χ4v) is 6.20. The van der Waals surface area contributed by atoms with Crippen LogP contribution in [0.3, 0.4) is 0 Å². The molecule has 166 valence electrons. The van der Waals surface area contributed by atoms with Crippen molar-refractivity contribution < 1.29 is 13.2 Å². The zero-order valence-corrected chi connectivity index (χ0v) is 18.9. The molecule has 0 N–H and O–H groups in total. The number of carbonyl (C=O) groups is 1. The molecule has 3 aliphatic rings. The van der Waals surface area contributed by atoms with E-state index in [4.69, 9.17) is 0 Å². The maximum atomic E-state index is 13.7. The lowest BCUT2D eigenvalue weighted by Crippen LogP contribution is -2.49. The summed E-state index contributed by atoms with van der Waals surface area (Å²) in [7, 11) is -0.724. The summed E-state index contributed by atoms with van der Waals surface area (Å²) < 4.78 is 28.7. The smallest absolute Gasteiger partial charge is 0.304 e. The van der Waals surface area contributed by atoms with Gasteiger partial charge >= 0.3 is 10.2 Å². The Morgan fingerprint density at radius 1 is 1.00 bits per heavy atom. The first-order chi connectivity index (χ1) is 15.4. The minimum atomic E-state index is -3.74. The van der Waals surface area contributed by atoms with E-state index in [0.29, 0.717) is 13.1 Å². The number of rotatable bonds is 5. The molecule has 8 heteroatoms. The van der Waals surface area contributed by atoms with E-state index >= 15 is 0 Å². The molecule has 5 rings (SSSR count). The number of amides is 1. The molecule has 1 aliphatic carbocycles. The topological polar surface area (TPSA) is 73.3 Å². The van der Waals surface area contributed by atoms with E-state index in [9.17, 15) is 13.2 Å². The summed E-state index contributed by atoms with van der Waals surface area (Å²) in [6.45, 7) is 1.15. The second-order valence-corrected chi connectivity index (χ2v) is 10.8. The molecule has 0 spiro atoms. The lowest BCUT2D eigenvalue weighted by molar-refractivity contribution is -0.132. The van der Waals surface area contributed by atoms with Gasteiger partial charge in [-0.25, -0.2) is 9.30 Å². The molecule has 0 radical (unpaired) electrons. The quantitative estimate of drug-likeness (QED) is 0.703. The molecule has 0 aromatic heterocycles. The number of fused-ring (bicyclic) bond motifs is 2. The Bertz CT molecular complexity index is 1180. The second kappa shape index (κ2) is 7.86. The third-order valence-electron chi connectivity index (χ3n) is 6.63. The molecule has 32 heavy (non-hydrogen) atoms. The number of benzene rings is 2. The number of hydrogen-bond acceptors (Lipinski definition) is 4. The van der Waals surface area contributed by atoms with Gasteiger partial charge in [0.2, 0.25) is 5.91 Å². The van der Waals surface area contributed by atoms with Crippen molar-refractivity contribution in [3.63, 3.8) is 0 Å². The van der Waals surface area contributed by atoms with Crippen LogP contribution in [0, 0.1) is 11.8 Å². The average molecular weight is 451 g/mol. The molecule has 0 unspecified atom stereocenters. The van der Waals surface area contributed by atoms with Crippen LogP contribution in [0.4, 0.5) is 0 Å². The normalized spacial score (nSPS) is 27.0. The second-order valence-electron chi connectivity index (χ2n) is 8.73. The van der Waals surface area contributed by atoms with Gasteiger partial charge in [-0.2, -0.15) is 12.7 Å². The number of hydrogen-bond donors (Lipinski definition) is 0. The van der Waals surface area contributed by atoms with Gasteiger partial charge in [-0.1, -0.05) is 66.7 Å².